The monoisotopic (exact) mass is 1020 g/mol. The molecule has 6 nitrogen and oxygen atoms in total. The third kappa shape index (κ3) is 33.3. The fourth-order valence-corrected chi connectivity index (χ4v) is 11.1. The zero-order chi connectivity index (χ0) is 52.1. The van der Waals surface area contributed by atoms with Crippen LogP contribution in [0.4, 0.5) is 0 Å². The van der Waals surface area contributed by atoms with E-state index in [9.17, 15) is 19.8 Å². The third-order valence-electron chi connectivity index (χ3n) is 14.8. The lowest BCUT2D eigenvalue weighted by atomic mass is 9.94. The summed E-state index contributed by atoms with van der Waals surface area (Å²) in [4.78, 5) is 27.1. The molecule has 7 heteroatoms. The first-order chi connectivity index (χ1) is 35.3. The van der Waals surface area contributed by atoms with Gasteiger partial charge in [0.05, 0.1) is 0 Å². The highest BCUT2D eigenvalue weighted by molar-refractivity contribution is 7.99. The molecule has 0 heterocycles. The van der Waals surface area contributed by atoms with E-state index < -0.39 is 6.10 Å². The van der Waals surface area contributed by atoms with Gasteiger partial charge in [0.2, 0.25) is 0 Å². The van der Waals surface area contributed by atoms with E-state index >= 15 is 0 Å². The van der Waals surface area contributed by atoms with Gasteiger partial charge in [0.25, 0.3) is 0 Å². The van der Waals surface area contributed by atoms with Crippen molar-refractivity contribution in [3.05, 3.63) is 57.6 Å². The number of esters is 2. The molecule has 2 N–H and O–H groups in total. The lowest BCUT2D eigenvalue weighted by Crippen LogP contribution is -2.28. The second kappa shape index (κ2) is 45.7. The van der Waals surface area contributed by atoms with Crippen LogP contribution >= 0.6 is 11.8 Å². The average molecular weight is 1020 g/mol. The Kier molecular flexibility index (Phi) is 41.5. The first-order valence-corrected chi connectivity index (χ1v) is 32.0. The number of aryl methyl sites for hydroxylation is 6. The van der Waals surface area contributed by atoms with E-state index in [-0.39, 0.29) is 31.4 Å². The van der Waals surface area contributed by atoms with E-state index in [2.05, 4.69) is 58.9 Å². The summed E-state index contributed by atoms with van der Waals surface area (Å²) in [5.74, 6) is 1.96. The van der Waals surface area contributed by atoms with Crippen LogP contribution in [0.3, 0.4) is 0 Å². The second-order valence-electron chi connectivity index (χ2n) is 21.6. The van der Waals surface area contributed by atoms with Crippen molar-refractivity contribution >= 4 is 23.7 Å². The minimum absolute atomic E-state index is 0.0573. The summed E-state index contributed by atoms with van der Waals surface area (Å²) in [6.07, 6.45) is 46.5. The van der Waals surface area contributed by atoms with Crippen LogP contribution in [0, 0.1) is 0 Å². The van der Waals surface area contributed by atoms with E-state index in [1.165, 1.54) is 186 Å². The van der Waals surface area contributed by atoms with Crippen LogP contribution in [0.15, 0.2) is 24.3 Å². The van der Waals surface area contributed by atoms with Gasteiger partial charge in [-0.1, -0.05) is 245 Å². The van der Waals surface area contributed by atoms with Crippen LogP contribution in [-0.2, 0) is 57.6 Å². The van der Waals surface area contributed by atoms with Crippen molar-refractivity contribution in [2.75, 3.05) is 18.1 Å². The first kappa shape index (κ1) is 65.4. The summed E-state index contributed by atoms with van der Waals surface area (Å²) in [5, 5.41) is 22.8. The minimum Gasteiger partial charge on any atom is -0.507 e. The molecule has 0 aliphatic carbocycles. The number of aromatic hydroxyl groups is 2. The molecule has 414 valence electrons. The predicted molar refractivity (Wildman–Crippen MR) is 311 cm³/mol. The number of phenols is 2. The number of thioether (sulfide) groups is 1. The molecule has 1 atom stereocenters. The smallest absolute Gasteiger partial charge is 0.306 e. The number of ether oxygens (including phenoxy) is 2. The van der Waals surface area contributed by atoms with Gasteiger partial charge in [-0.3, -0.25) is 9.59 Å². The number of unbranched alkanes of at least 4 members (excludes halogenated alkanes) is 29. The van der Waals surface area contributed by atoms with Crippen LogP contribution < -0.4 is 0 Å². The Labute approximate surface area is 448 Å². The summed E-state index contributed by atoms with van der Waals surface area (Å²) < 4.78 is 12.1. The molecule has 0 aliphatic heterocycles. The van der Waals surface area contributed by atoms with E-state index in [0.717, 1.165) is 96.9 Å². The Hall–Kier alpha value is -2.67. The standard InChI is InChI=1S/C65H112O6S/c1-6-11-16-21-26-27-28-29-34-39-48-72-54-61(71-63(67)47-45-56-51-59(42-37-32-24-19-14-9-4)65(69)60(52-56)43-38-33-25-20-15-10-5)53-70-62(66)46-44-55-49-57(40-35-30-22-17-12-7-2)64(68)58(50-55)41-36-31-23-18-13-8-3/h49-52,61,68-69H,6-48,53-54H2,1-5H3. The largest absolute Gasteiger partial charge is 0.507 e. The number of hydrogen-bond acceptors (Lipinski definition) is 7. The molecule has 1 unspecified atom stereocenters. The molecule has 72 heavy (non-hydrogen) atoms. The normalized spacial score (nSPS) is 11.9. The Bertz CT molecular complexity index is 1550. The minimum atomic E-state index is -0.512. The maximum Gasteiger partial charge on any atom is 0.306 e. The summed E-state index contributed by atoms with van der Waals surface area (Å²) in [7, 11) is 0. The fraction of sp³-hybridized carbons (Fsp3) is 0.785. The molecule has 0 spiro atoms. The van der Waals surface area contributed by atoms with Gasteiger partial charge in [-0.25, -0.2) is 0 Å². The molecule has 0 bridgehead atoms. The highest BCUT2D eigenvalue weighted by Gasteiger charge is 2.20. The van der Waals surface area contributed by atoms with Gasteiger partial charge >= 0.3 is 11.9 Å². The quantitative estimate of drug-likeness (QED) is 0.0504. The van der Waals surface area contributed by atoms with Crippen molar-refractivity contribution < 1.29 is 29.3 Å². The van der Waals surface area contributed by atoms with Crippen LogP contribution in [0.25, 0.3) is 0 Å². The maximum atomic E-state index is 13.7. The Morgan fingerprint density at radius 3 is 1.03 bits per heavy atom. The number of carbonyl (C=O) groups excluding carboxylic acids is 2. The van der Waals surface area contributed by atoms with E-state index in [4.69, 9.17) is 9.47 Å². The van der Waals surface area contributed by atoms with Crippen molar-refractivity contribution in [2.45, 2.75) is 310 Å². The van der Waals surface area contributed by atoms with Gasteiger partial charge in [-0.05, 0) is 110 Å². The molecule has 0 radical (unpaired) electrons. The molecule has 0 aliphatic rings. The summed E-state index contributed by atoms with van der Waals surface area (Å²) >= 11 is 1.80. The Balaban J connectivity index is 2.11. The van der Waals surface area contributed by atoms with E-state index in [1.54, 1.807) is 11.8 Å². The molecule has 0 fully saturated rings. The number of rotatable bonds is 50. The molecular weight excluding hydrogens is 909 g/mol. The predicted octanol–water partition coefficient (Wildman–Crippen LogP) is 19.4. The van der Waals surface area contributed by atoms with Gasteiger partial charge in [0.1, 0.15) is 24.2 Å². The highest BCUT2D eigenvalue weighted by Crippen LogP contribution is 2.31. The van der Waals surface area contributed by atoms with Gasteiger partial charge in [-0.15, -0.1) is 0 Å². The third-order valence-corrected chi connectivity index (χ3v) is 15.9. The van der Waals surface area contributed by atoms with Crippen LogP contribution in [0.2, 0.25) is 0 Å². The summed E-state index contributed by atoms with van der Waals surface area (Å²) in [6.45, 7) is 11.3. The molecule has 2 aromatic rings. The topological polar surface area (TPSA) is 93.1 Å². The molecule has 2 rings (SSSR count). The first-order valence-electron chi connectivity index (χ1n) is 30.9. The van der Waals surface area contributed by atoms with Gasteiger partial charge in [-0.2, -0.15) is 11.8 Å². The van der Waals surface area contributed by atoms with Gasteiger partial charge in [0.15, 0.2) is 0 Å². The zero-order valence-electron chi connectivity index (χ0n) is 47.6. The van der Waals surface area contributed by atoms with Crippen LogP contribution in [-0.4, -0.2) is 46.4 Å². The average Bonchev–Trinajstić information content (AvgIpc) is 3.38. The SMILES string of the molecule is CCCCCCCCCCCCSCC(COC(=O)CCc1cc(CCCCCCCC)c(O)c(CCCCCCCC)c1)OC(=O)CCc1cc(CCCCCCCC)c(O)c(CCCCCCCC)c1. The molecule has 2 aromatic carbocycles. The number of benzene rings is 2. The zero-order valence-corrected chi connectivity index (χ0v) is 48.5. The van der Waals surface area contributed by atoms with E-state index in [0.29, 0.717) is 30.1 Å². The van der Waals surface area contributed by atoms with Crippen molar-refractivity contribution in [2.24, 2.45) is 0 Å². The highest BCUT2D eigenvalue weighted by atomic mass is 32.2. The summed E-state index contributed by atoms with van der Waals surface area (Å²) in [6, 6.07) is 8.50. The van der Waals surface area contributed by atoms with Gasteiger partial charge in [0, 0.05) is 18.6 Å². The Morgan fingerprint density at radius 1 is 0.403 bits per heavy atom. The van der Waals surface area contributed by atoms with E-state index in [1.807, 2.05) is 0 Å². The van der Waals surface area contributed by atoms with Crippen molar-refractivity contribution in [1.29, 1.82) is 0 Å². The lowest BCUT2D eigenvalue weighted by molar-refractivity contribution is -0.157. The fourth-order valence-electron chi connectivity index (χ4n) is 10.1. The van der Waals surface area contributed by atoms with Crippen molar-refractivity contribution in [3.8, 4) is 11.5 Å². The van der Waals surface area contributed by atoms with Crippen molar-refractivity contribution in [3.63, 3.8) is 0 Å². The van der Waals surface area contributed by atoms with Crippen LogP contribution in [0.1, 0.15) is 299 Å². The maximum absolute atomic E-state index is 13.7. The van der Waals surface area contributed by atoms with Crippen molar-refractivity contribution in [1.82, 2.24) is 0 Å². The second-order valence-corrected chi connectivity index (χ2v) is 22.8. The lowest BCUT2D eigenvalue weighted by Gasteiger charge is -2.19. The van der Waals surface area contributed by atoms with Gasteiger partial charge < -0.3 is 19.7 Å². The number of carbonyl (C=O) groups is 2. The molecular formula is C65H112O6S. The molecule has 0 saturated carbocycles. The number of phenolic OH excluding ortho intramolecular Hbond substituents is 2. The summed E-state index contributed by atoms with van der Waals surface area (Å²) in [5.41, 5.74) is 6.23. The Morgan fingerprint density at radius 2 is 0.694 bits per heavy atom. The number of hydrogen-bond donors (Lipinski definition) is 2. The van der Waals surface area contributed by atoms with Crippen LogP contribution in [0.5, 0.6) is 11.5 Å². The molecule has 0 saturated heterocycles. The molecule has 0 amide bonds. The molecule has 0 aromatic heterocycles.